The molecule has 0 radical (unpaired) electrons. The Morgan fingerprint density at radius 2 is 1.63 bits per heavy atom. The highest BCUT2D eigenvalue weighted by Crippen LogP contribution is 2.27. The maximum atomic E-state index is 13.3. The fraction of sp³-hybridized carbons (Fsp3) is 0.481. The average molecular weight is 498 g/mol. The molecule has 0 bridgehead atoms. The van der Waals surface area contributed by atoms with Crippen LogP contribution in [0.3, 0.4) is 0 Å². The van der Waals surface area contributed by atoms with Gasteiger partial charge in [-0.2, -0.15) is 4.31 Å². The van der Waals surface area contributed by atoms with Crippen molar-refractivity contribution in [2.45, 2.75) is 50.5 Å². The number of piperidine rings is 1. The average Bonchev–Trinajstić information content (AvgIpc) is 3.38. The van der Waals surface area contributed by atoms with Crippen molar-refractivity contribution < 1.29 is 18.0 Å². The van der Waals surface area contributed by atoms with Crippen LogP contribution in [0.2, 0.25) is 0 Å². The van der Waals surface area contributed by atoms with Gasteiger partial charge in [-0.05, 0) is 54.9 Å². The van der Waals surface area contributed by atoms with Gasteiger partial charge in [-0.3, -0.25) is 9.59 Å². The fourth-order valence-electron chi connectivity index (χ4n) is 5.20. The summed E-state index contributed by atoms with van der Waals surface area (Å²) in [5.74, 6) is 0.0291. The lowest BCUT2D eigenvalue weighted by Gasteiger charge is -2.34. The Kier molecular flexibility index (Phi) is 7.91. The summed E-state index contributed by atoms with van der Waals surface area (Å²) in [4.78, 5) is 28.4. The van der Waals surface area contributed by atoms with Crippen molar-refractivity contribution in [1.82, 2.24) is 14.5 Å². The van der Waals surface area contributed by atoms with Crippen LogP contribution in [0.25, 0.3) is 0 Å². The molecule has 0 spiro atoms. The van der Waals surface area contributed by atoms with Crippen LogP contribution in [-0.4, -0.2) is 61.7 Å². The second-order valence-electron chi connectivity index (χ2n) is 10.0. The predicted molar refractivity (Wildman–Crippen MR) is 135 cm³/mol. The Morgan fingerprint density at radius 1 is 0.971 bits per heavy atom. The van der Waals surface area contributed by atoms with Crippen molar-refractivity contribution in [2.75, 3.05) is 26.2 Å². The summed E-state index contributed by atoms with van der Waals surface area (Å²) in [6.07, 6.45) is 3.31. The molecule has 2 fully saturated rings. The van der Waals surface area contributed by atoms with Crippen LogP contribution in [-0.2, 0) is 21.2 Å². The third-order valence-electron chi connectivity index (χ3n) is 6.87. The molecule has 7 nitrogen and oxygen atoms in total. The summed E-state index contributed by atoms with van der Waals surface area (Å²) < 4.78 is 28.2. The number of nitrogens with one attached hydrogen (secondary N) is 1. The Hall–Kier alpha value is -2.71. The highest BCUT2D eigenvalue weighted by atomic mass is 32.2. The van der Waals surface area contributed by atoms with Crippen molar-refractivity contribution in [3.63, 3.8) is 0 Å². The van der Waals surface area contributed by atoms with Crippen molar-refractivity contribution in [3.05, 3.63) is 65.7 Å². The fourth-order valence-corrected chi connectivity index (χ4v) is 6.92. The van der Waals surface area contributed by atoms with Crippen LogP contribution < -0.4 is 5.32 Å². The SMILES string of the molecule is CC1CC(C)CN(S(=O)(=O)c2cccc(C(=O)NC(Cc3ccccc3)C(=O)N3CCCC3)c2)C1. The molecule has 3 unspecified atom stereocenters. The summed E-state index contributed by atoms with van der Waals surface area (Å²) in [5.41, 5.74) is 1.19. The van der Waals surface area contributed by atoms with Gasteiger partial charge in [0.25, 0.3) is 5.91 Å². The minimum Gasteiger partial charge on any atom is -0.341 e. The number of benzene rings is 2. The van der Waals surface area contributed by atoms with Crippen LogP contribution >= 0.6 is 0 Å². The number of sulfonamides is 1. The first-order valence-electron chi connectivity index (χ1n) is 12.5. The van der Waals surface area contributed by atoms with E-state index in [9.17, 15) is 18.0 Å². The molecule has 0 aromatic heterocycles. The highest BCUT2D eigenvalue weighted by Gasteiger charge is 2.33. The second kappa shape index (κ2) is 10.9. The lowest BCUT2D eigenvalue weighted by molar-refractivity contribution is -0.132. The Labute approximate surface area is 208 Å². The predicted octanol–water partition coefficient (Wildman–Crippen LogP) is 3.32. The maximum absolute atomic E-state index is 13.3. The van der Waals surface area contributed by atoms with Crippen LogP contribution in [0, 0.1) is 11.8 Å². The van der Waals surface area contributed by atoms with Crippen LogP contribution in [0.15, 0.2) is 59.5 Å². The molecule has 2 amide bonds. The van der Waals surface area contributed by atoms with Crippen molar-refractivity contribution in [2.24, 2.45) is 11.8 Å². The van der Waals surface area contributed by atoms with E-state index in [0.717, 1.165) is 24.8 Å². The molecular formula is C27H35N3O4S. The van der Waals surface area contributed by atoms with Crippen molar-refractivity contribution in [3.8, 4) is 0 Å². The summed E-state index contributed by atoms with van der Waals surface area (Å²) in [7, 11) is -3.71. The molecule has 2 aliphatic rings. The number of rotatable bonds is 7. The molecule has 0 aliphatic carbocycles. The number of amides is 2. The van der Waals surface area contributed by atoms with E-state index in [4.69, 9.17) is 0 Å². The van der Waals surface area contributed by atoms with Gasteiger partial charge in [0.1, 0.15) is 6.04 Å². The number of nitrogens with zero attached hydrogens (tertiary/aromatic N) is 2. The van der Waals surface area contributed by atoms with Gasteiger partial charge in [0.05, 0.1) is 4.90 Å². The van der Waals surface area contributed by atoms with Gasteiger partial charge in [-0.25, -0.2) is 8.42 Å². The van der Waals surface area contributed by atoms with Crippen molar-refractivity contribution in [1.29, 1.82) is 0 Å². The molecule has 35 heavy (non-hydrogen) atoms. The first kappa shape index (κ1) is 25.4. The highest BCUT2D eigenvalue weighted by molar-refractivity contribution is 7.89. The van der Waals surface area contributed by atoms with Gasteiger partial charge >= 0.3 is 0 Å². The van der Waals surface area contributed by atoms with Crippen LogP contribution in [0.1, 0.15) is 49.0 Å². The minimum absolute atomic E-state index is 0.0974. The molecule has 1 N–H and O–H groups in total. The van der Waals surface area contributed by atoms with E-state index in [0.29, 0.717) is 32.6 Å². The molecule has 2 aromatic carbocycles. The summed E-state index contributed by atoms with van der Waals surface area (Å²) in [5, 5.41) is 2.89. The first-order chi connectivity index (χ1) is 16.7. The normalized spacial score (nSPS) is 22.1. The third-order valence-corrected chi connectivity index (χ3v) is 8.70. The molecule has 8 heteroatoms. The molecule has 2 heterocycles. The Morgan fingerprint density at radius 3 is 2.29 bits per heavy atom. The van der Waals surface area contributed by atoms with Gasteiger partial charge in [-0.1, -0.05) is 50.2 Å². The molecular weight excluding hydrogens is 462 g/mol. The zero-order valence-corrected chi connectivity index (χ0v) is 21.3. The number of hydrogen-bond donors (Lipinski definition) is 1. The Bertz CT molecular complexity index is 1140. The molecule has 2 aliphatic heterocycles. The van der Waals surface area contributed by atoms with Gasteiger partial charge in [0.2, 0.25) is 15.9 Å². The van der Waals surface area contributed by atoms with Gasteiger partial charge < -0.3 is 10.2 Å². The molecule has 2 saturated heterocycles. The molecule has 0 saturated carbocycles. The number of likely N-dealkylation sites (tertiary alicyclic amines) is 1. The monoisotopic (exact) mass is 497 g/mol. The molecule has 2 aromatic rings. The summed E-state index contributed by atoms with van der Waals surface area (Å²) in [6, 6.07) is 15.0. The standard InChI is InChI=1S/C27H35N3O4S/c1-20-15-21(2)19-30(18-20)35(33,34)24-12-8-11-23(17-24)26(31)28-25(16-22-9-4-3-5-10-22)27(32)29-13-6-7-14-29/h3-5,8-12,17,20-21,25H,6-7,13-16,18-19H2,1-2H3,(H,28,31). The van der Waals surface area contributed by atoms with E-state index in [1.165, 1.54) is 16.4 Å². The van der Waals surface area contributed by atoms with E-state index in [1.807, 2.05) is 30.3 Å². The third kappa shape index (κ3) is 6.11. The number of carbonyl (C=O) groups excluding carboxylic acids is 2. The largest absolute Gasteiger partial charge is 0.341 e. The first-order valence-corrected chi connectivity index (χ1v) is 13.9. The number of hydrogen-bond acceptors (Lipinski definition) is 4. The maximum Gasteiger partial charge on any atom is 0.251 e. The van der Waals surface area contributed by atoms with E-state index < -0.39 is 22.0 Å². The van der Waals surface area contributed by atoms with Crippen LogP contribution in [0.5, 0.6) is 0 Å². The second-order valence-corrected chi connectivity index (χ2v) is 12.0. The van der Waals surface area contributed by atoms with Crippen LogP contribution in [0.4, 0.5) is 0 Å². The quantitative estimate of drug-likeness (QED) is 0.636. The van der Waals surface area contributed by atoms with E-state index in [-0.39, 0.29) is 28.2 Å². The zero-order chi connectivity index (χ0) is 25.0. The molecule has 4 rings (SSSR count). The topological polar surface area (TPSA) is 86.8 Å². The zero-order valence-electron chi connectivity index (χ0n) is 20.5. The van der Waals surface area contributed by atoms with E-state index >= 15 is 0 Å². The Balaban J connectivity index is 1.54. The van der Waals surface area contributed by atoms with Crippen molar-refractivity contribution >= 4 is 21.8 Å². The smallest absolute Gasteiger partial charge is 0.251 e. The van der Waals surface area contributed by atoms with Gasteiger partial charge in [-0.15, -0.1) is 0 Å². The molecule has 188 valence electrons. The summed E-state index contributed by atoms with van der Waals surface area (Å²) in [6.45, 7) is 6.47. The van der Waals surface area contributed by atoms with Gasteiger partial charge in [0.15, 0.2) is 0 Å². The van der Waals surface area contributed by atoms with Gasteiger partial charge in [0, 0.05) is 38.2 Å². The minimum atomic E-state index is -3.71. The lowest BCUT2D eigenvalue weighted by Crippen LogP contribution is -2.49. The lowest BCUT2D eigenvalue weighted by atomic mass is 9.94. The van der Waals surface area contributed by atoms with E-state index in [1.54, 1.807) is 17.0 Å². The molecule has 3 atom stereocenters. The number of carbonyl (C=O) groups is 2. The van der Waals surface area contributed by atoms with E-state index in [2.05, 4.69) is 19.2 Å². The summed E-state index contributed by atoms with van der Waals surface area (Å²) >= 11 is 0.